The standard InChI is InChI=1S/C15H16N8O/c1-9-12(8-23-15(21(9)2)18-19-20-23)14(24)22(3)11-4-5-13-10(6-11)7-16-17-13/h4-7H,8H2,1-3H3,(H,16,17). The number of hydrogen-bond acceptors (Lipinski definition) is 6. The highest BCUT2D eigenvalue weighted by molar-refractivity contribution is 6.07. The minimum absolute atomic E-state index is 0.0802. The molecule has 1 aromatic carbocycles. The first-order valence-electron chi connectivity index (χ1n) is 7.47. The van der Waals surface area contributed by atoms with Gasteiger partial charge in [0.15, 0.2) is 0 Å². The Labute approximate surface area is 137 Å². The maximum atomic E-state index is 13.0. The van der Waals surface area contributed by atoms with E-state index in [1.54, 1.807) is 22.8 Å². The van der Waals surface area contributed by atoms with E-state index in [-0.39, 0.29) is 5.91 Å². The number of benzene rings is 1. The van der Waals surface area contributed by atoms with Gasteiger partial charge in [-0.25, -0.2) is 4.68 Å². The van der Waals surface area contributed by atoms with Gasteiger partial charge in [-0.2, -0.15) is 5.10 Å². The molecule has 3 aromatic rings. The molecule has 2 aromatic heterocycles. The van der Waals surface area contributed by atoms with Gasteiger partial charge < -0.3 is 9.80 Å². The number of tetrazole rings is 1. The lowest BCUT2D eigenvalue weighted by atomic mass is 10.1. The first-order chi connectivity index (χ1) is 11.6. The molecule has 1 aliphatic heterocycles. The Morgan fingerprint density at radius 2 is 2.21 bits per heavy atom. The number of anilines is 2. The lowest BCUT2D eigenvalue weighted by Crippen LogP contribution is -2.36. The number of nitrogens with one attached hydrogen (secondary N) is 1. The molecule has 1 N–H and O–H groups in total. The fourth-order valence-electron chi connectivity index (χ4n) is 2.84. The van der Waals surface area contributed by atoms with Gasteiger partial charge in [-0.1, -0.05) is 5.10 Å². The number of amides is 1. The number of fused-ring (bicyclic) bond motifs is 2. The van der Waals surface area contributed by atoms with Crippen molar-refractivity contribution in [3.63, 3.8) is 0 Å². The molecule has 0 fully saturated rings. The summed E-state index contributed by atoms with van der Waals surface area (Å²) in [5.41, 5.74) is 3.25. The number of H-pyrrole nitrogens is 1. The van der Waals surface area contributed by atoms with E-state index in [1.165, 1.54) is 0 Å². The molecule has 0 aliphatic carbocycles. The van der Waals surface area contributed by atoms with Crippen molar-refractivity contribution in [3.8, 4) is 0 Å². The SMILES string of the molecule is CC1=C(C(=O)N(C)c2ccc3[nH]ncc3c2)Cn2nnnc2N1C. The smallest absolute Gasteiger partial charge is 0.257 e. The number of hydrogen-bond donors (Lipinski definition) is 1. The summed E-state index contributed by atoms with van der Waals surface area (Å²) in [5.74, 6) is 0.551. The second-order valence-electron chi connectivity index (χ2n) is 5.77. The van der Waals surface area contributed by atoms with Gasteiger partial charge in [-0.15, -0.1) is 0 Å². The van der Waals surface area contributed by atoms with Crippen molar-refractivity contribution in [3.05, 3.63) is 35.7 Å². The van der Waals surface area contributed by atoms with Crippen LogP contribution in [0.2, 0.25) is 0 Å². The zero-order valence-electron chi connectivity index (χ0n) is 13.6. The third-order valence-corrected chi connectivity index (χ3v) is 4.43. The molecule has 1 amide bonds. The average molecular weight is 324 g/mol. The Morgan fingerprint density at radius 1 is 1.38 bits per heavy atom. The monoisotopic (exact) mass is 324 g/mol. The molecular formula is C15H16N8O. The van der Waals surface area contributed by atoms with Crippen LogP contribution in [0.4, 0.5) is 11.6 Å². The molecule has 0 saturated carbocycles. The van der Waals surface area contributed by atoms with Crippen molar-refractivity contribution in [1.82, 2.24) is 30.4 Å². The van der Waals surface area contributed by atoms with Gasteiger partial charge in [0.2, 0.25) is 5.95 Å². The van der Waals surface area contributed by atoms with Crippen LogP contribution in [0.15, 0.2) is 35.7 Å². The summed E-state index contributed by atoms with van der Waals surface area (Å²) in [5, 5.41) is 19.5. The van der Waals surface area contributed by atoms with Crippen LogP contribution in [-0.4, -0.2) is 50.4 Å². The van der Waals surface area contributed by atoms with Crippen LogP contribution in [0.5, 0.6) is 0 Å². The minimum Gasteiger partial charge on any atom is -0.316 e. The summed E-state index contributed by atoms with van der Waals surface area (Å²) in [6, 6.07) is 5.74. The van der Waals surface area contributed by atoms with E-state index in [9.17, 15) is 4.79 Å². The van der Waals surface area contributed by atoms with E-state index >= 15 is 0 Å². The summed E-state index contributed by atoms with van der Waals surface area (Å²) in [6.45, 7) is 2.26. The predicted octanol–water partition coefficient (Wildman–Crippen LogP) is 0.936. The summed E-state index contributed by atoms with van der Waals surface area (Å²) in [7, 11) is 3.61. The molecule has 3 heterocycles. The lowest BCUT2D eigenvalue weighted by Gasteiger charge is -2.28. The zero-order valence-corrected chi connectivity index (χ0v) is 13.6. The predicted molar refractivity (Wildman–Crippen MR) is 88.4 cm³/mol. The number of allylic oxidation sites excluding steroid dienone is 1. The Hall–Kier alpha value is -3.23. The van der Waals surface area contributed by atoms with E-state index in [0.29, 0.717) is 18.1 Å². The van der Waals surface area contributed by atoms with Gasteiger partial charge in [0.05, 0.1) is 23.8 Å². The van der Waals surface area contributed by atoms with Crippen LogP contribution < -0.4 is 9.80 Å². The van der Waals surface area contributed by atoms with Gasteiger partial charge in [-0.05, 0) is 35.5 Å². The number of carbonyl (C=O) groups is 1. The molecule has 0 atom stereocenters. The van der Waals surface area contributed by atoms with Crippen LogP contribution in [0.3, 0.4) is 0 Å². The second-order valence-corrected chi connectivity index (χ2v) is 5.77. The molecule has 9 heteroatoms. The van der Waals surface area contributed by atoms with E-state index < -0.39 is 0 Å². The minimum atomic E-state index is -0.0802. The van der Waals surface area contributed by atoms with Crippen LogP contribution >= 0.6 is 0 Å². The first kappa shape index (κ1) is 14.4. The maximum absolute atomic E-state index is 13.0. The molecule has 0 saturated heterocycles. The normalized spacial score (nSPS) is 14.2. The van der Waals surface area contributed by atoms with Crippen LogP contribution in [0.25, 0.3) is 10.9 Å². The largest absolute Gasteiger partial charge is 0.316 e. The molecule has 24 heavy (non-hydrogen) atoms. The Balaban J connectivity index is 1.68. The molecule has 4 rings (SSSR count). The highest BCUT2D eigenvalue weighted by Crippen LogP contribution is 2.27. The summed E-state index contributed by atoms with van der Waals surface area (Å²) < 4.78 is 1.62. The van der Waals surface area contributed by atoms with E-state index in [0.717, 1.165) is 22.3 Å². The van der Waals surface area contributed by atoms with Crippen molar-refractivity contribution < 1.29 is 4.79 Å². The van der Waals surface area contributed by atoms with Crippen molar-refractivity contribution in [2.75, 3.05) is 23.9 Å². The molecule has 0 radical (unpaired) electrons. The summed E-state index contributed by atoms with van der Waals surface area (Å²) >= 11 is 0. The first-order valence-corrected chi connectivity index (χ1v) is 7.47. The highest BCUT2D eigenvalue weighted by atomic mass is 16.2. The van der Waals surface area contributed by atoms with E-state index in [2.05, 4.69) is 25.7 Å². The van der Waals surface area contributed by atoms with Gasteiger partial charge in [0.25, 0.3) is 5.91 Å². The van der Waals surface area contributed by atoms with Crippen molar-refractivity contribution in [2.45, 2.75) is 13.5 Å². The number of carbonyl (C=O) groups excluding carboxylic acids is 1. The second kappa shape index (κ2) is 5.15. The van der Waals surface area contributed by atoms with Crippen molar-refractivity contribution in [2.24, 2.45) is 0 Å². The quantitative estimate of drug-likeness (QED) is 0.753. The van der Waals surface area contributed by atoms with Crippen LogP contribution in [-0.2, 0) is 11.3 Å². The number of rotatable bonds is 2. The Kier molecular flexibility index (Phi) is 3.08. The summed E-state index contributed by atoms with van der Waals surface area (Å²) in [6.07, 6.45) is 1.74. The summed E-state index contributed by atoms with van der Waals surface area (Å²) in [4.78, 5) is 16.5. The topological polar surface area (TPSA) is 95.8 Å². The van der Waals surface area contributed by atoms with E-state index in [1.807, 2.05) is 37.1 Å². The van der Waals surface area contributed by atoms with E-state index in [4.69, 9.17) is 0 Å². The lowest BCUT2D eigenvalue weighted by molar-refractivity contribution is -0.115. The molecule has 0 bridgehead atoms. The zero-order chi connectivity index (χ0) is 16.8. The molecule has 122 valence electrons. The number of aromatic nitrogens is 6. The molecule has 9 nitrogen and oxygen atoms in total. The third kappa shape index (κ3) is 2.05. The maximum Gasteiger partial charge on any atom is 0.257 e. The molecular weight excluding hydrogens is 308 g/mol. The van der Waals surface area contributed by atoms with Gasteiger partial charge in [0.1, 0.15) is 0 Å². The van der Waals surface area contributed by atoms with Crippen LogP contribution in [0, 0.1) is 0 Å². The van der Waals surface area contributed by atoms with Gasteiger partial charge in [0, 0.05) is 30.9 Å². The average Bonchev–Trinajstić information content (AvgIpc) is 3.24. The number of likely N-dealkylation sites (N-methyl/N-ethyl adjacent to an activating group) is 1. The molecule has 1 aliphatic rings. The Bertz CT molecular complexity index is 969. The van der Waals surface area contributed by atoms with Crippen molar-refractivity contribution >= 4 is 28.4 Å². The fourth-order valence-corrected chi connectivity index (χ4v) is 2.84. The van der Waals surface area contributed by atoms with Gasteiger partial charge in [-0.3, -0.25) is 9.89 Å². The Morgan fingerprint density at radius 3 is 3.04 bits per heavy atom. The number of aromatic amines is 1. The number of nitrogens with zero attached hydrogens (tertiary/aromatic N) is 7. The van der Waals surface area contributed by atoms with Crippen molar-refractivity contribution in [1.29, 1.82) is 0 Å². The fraction of sp³-hybridized carbons (Fsp3) is 0.267. The molecule has 0 spiro atoms. The van der Waals surface area contributed by atoms with Gasteiger partial charge >= 0.3 is 0 Å². The third-order valence-electron chi connectivity index (χ3n) is 4.43. The molecule has 0 unspecified atom stereocenters. The highest BCUT2D eigenvalue weighted by Gasteiger charge is 2.28. The van der Waals surface area contributed by atoms with Crippen LogP contribution in [0.1, 0.15) is 6.92 Å².